The van der Waals surface area contributed by atoms with Crippen molar-refractivity contribution in [3.8, 4) is 11.4 Å². The Morgan fingerprint density at radius 1 is 1.33 bits per heavy atom. The van der Waals surface area contributed by atoms with Gasteiger partial charge < -0.3 is 5.73 Å². The molecule has 0 amide bonds. The van der Waals surface area contributed by atoms with Crippen LogP contribution < -0.4 is 5.73 Å². The Hall–Kier alpha value is -1.82. The Kier molecular flexibility index (Phi) is 3.99. The van der Waals surface area contributed by atoms with E-state index in [0.717, 1.165) is 24.9 Å². The number of hydrogen-bond acceptors (Lipinski definition) is 4. The summed E-state index contributed by atoms with van der Waals surface area (Å²) in [5.41, 5.74) is 6.86. The molecule has 2 rings (SSSR count). The van der Waals surface area contributed by atoms with E-state index in [2.05, 4.69) is 15.5 Å². The highest BCUT2D eigenvalue weighted by atomic mass is 19.1. The van der Waals surface area contributed by atoms with E-state index in [1.54, 1.807) is 23.7 Å². The molecule has 0 aliphatic rings. The molecule has 1 heterocycles. The molecule has 2 N–H and O–H groups in total. The molecule has 0 saturated carbocycles. The molecule has 1 aromatic heterocycles. The predicted molar refractivity (Wildman–Crippen MR) is 66.2 cm³/mol. The lowest BCUT2D eigenvalue weighted by Gasteiger charge is -2.05. The Balaban J connectivity index is 2.22. The first-order chi connectivity index (χ1) is 8.72. The van der Waals surface area contributed by atoms with Crippen LogP contribution in [0.25, 0.3) is 11.4 Å². The van der Waals surface area contributed by atoms with Crippen LogP contribution in [-0.2, 0) is 6.54 Å². The quantitative estimate of drug-likeness (QED) is 0.816. The standard InChI is InChI=1S/C12H16FN5/c1-9-8-10(4-5-11(9)13)12-15-16-17-18(12)7-3-2-6-14/h4-5,8H,2-3,6-7,14H2,1H3. The third-order valence-corrected chi connectivity index (χ3v) is 2.77. The largest absolute Gasteiger partial charge is 0.330 e. The second-order valence-electron chi connectivity index (χ2n) is 4.19. The van der Waals surface area contributed by atoms with Gasteiger partial charge in [0.2, 0.25) is 0 Å². The number of unbranched alkanes of at least 4 members (excludes halogenated alkanes) is 1. The lowest BCUT2D eigenvalue weighted by atomic mass is 10.1. The average Bonchev–Trinajstić information content (AvgIpc) is 2.81. The molecule has 96 valence electrons. The zero-order valence-electron chi connectivity index (χ0n) is 10.3. The summed E-state index contributed by atoms with van der Waals surface area (Å²) in [6, 6.07) is 4.87. The van der Waals surface area contributed by atoms with Crippen molar-refractivity contribution in [2.24, 2.45) is 5.73 Å². The molecule has 0 unspecified atom stereocenters. The van der Waals surface area contributed by atoms with Crippen molar-refractivity contribution in [2.45, 2.75) is 26.3 Å². The number of hydrogen-bond donors (Lipinski definition) is 1. The molecular weight excluding hydrogens is 233 g/mol. The first-order valence-electron chi connectivity index (χ1n) is 5.95. The number of nitrogens with zero attached hydrogens (tertiary/aromatic N) is 4. The number of tetrazole rings is 1. The van der Waals surface area contributed by atoms with Crippen LogP contribution >= 0.6 is 0 Å². The van der Waals surface area contributed by atoms with Crippen molar-refractivity contribution in [1.82, 2.24) is 20.2 Å². The van der Waals surface area contributed by atoms with E-state index in [4.69, 9.17) is 5.73 Å². The van der Waals surface area contributed by atoms with E-state index in [9.17, 15) is 4.39 Å². The van der Waals surface area contributed by atoms with Crippen molar-refractivity contribution in [3.63, 3.8) is 0 Å². The summed E-state index contributed by atoms with van der Waals surface area (Å²) < 4.78 is 14.9. The van der Waals surface area contributed by atoms with Crippen molar-refractivity contribution >= 4 is 0 Å². The smallest absolute Gasteiger partial charge is 0.182 e. The number of rotatable bonds is 5. The summed E-state index contributed by atoms with van der Waals surface area (Å²) >= 11 is 0. The van der Waals surface area contributed by atoms with Gasteiger partial charge in [-0.05, 0) is 60.5 Å². The van der Waals surface area contributed by atoms with Gasteiger partial charge in [0.25, 0.3) is 0 Å². The van der Waals surface area contributed by atoms with Crippen LogP contribution in [0.3, 0.4) is 0 Å². The fourth-order valence-corrected chi connectivity index (χ4v) is 1.75. The minimum Gasteiger partial charge on any atom is -0.330 e. The van der Waals surface area contributed by atoms with Crippen LogP contribution in [0.4, 0.5) is 4.39 Å². The minimum atomic E-state index is -0.221. The maximum Gasteiger partial charge on any atom is 0.182 e. The highest BCUT2D eigenvalue weighted by Crippen LogP contribution is 2.19. The molecule has 0 saturated heterocycles. The normalized spacial score (nSPS) is 10.8. The second kappa shape index (κ2) is 5.68. The Morgan fingerprint density at radius 2 is 2.17 bits per heavy atom. The van der Waals surface area contributed by atoms with E-state index in [1.807, 2.05) is 0 Å². The van der Waals surface area contributed by atoms with Crippen molar-refractivity contribution in [2.75, 3.05) is 6.54 Å². The molecule has 0 spiro atoms. The molecule has 5 nitrogen and oxygen atoms in total. The molecule has 2 aromatic rings. The van der Waals surface area contributed by atoms with Gasteiger partial charge >= 0.3 is 0 Å². The van der Waals surface area contributed by atoms with E-state index in [0.29, 0.717) is 17.9 Å². The summed E-state index contributed by atoms with van der Waals surface area (Å²) in [5.74, 6) is 0.441. The monoisotopic (exact) mass is 249 g/mol. The first-order valence-corrected chi connectivity index (χ1v) is 5.95. The van der Waals surface area contributed by atoms with Gasteiger partial charge in [-0.1, -0.05) is 0 Å². The van der Waals surface area contributed by atoms with Gasteiger partial charge in [-0.3, -0.25) is 0 Å². The van der Waals surface area contributed by atoms with E-state index < -0.39 is 0 Å². The Morgan fingerprint density at radius 3 is 2.89 bits per heavy atom. The van der Waals surface area contributed by atoms with Gasteiger partial charge in [0, 0.05) is 12.1 Å². The molecule has 0 fully saturated rings. The number of nitrogens with two attached hydrogens (primary N) is 1. The minimum absolute atomic E-state index is 0.221. The maximum absolute atomic E-state index is 13.2. The predicted octanol–water partition coefficient (Wildman–Crippen LogP) is 1.53. The van der Waals surface area contributed by atoms with Gasteiger partial charge in [0.1, 0.15) is 5.82 Å². The molecule has 0 aliphatic heterocycles. The summed E-state index contributed by atoms with van der Waals surface area (Å²) in [5, 5.41) is 11.6. The van der Waals surface area contributed by atoms with Crippen LogP contribution in [0.2, 0.25) is 0 Å². The fourth-order valence-electron chi connectivity index (χ4n) is 1.75. The SMILES string of the molecule is Cc1cc(-c2nnnn2CCCCN)ccc1F. The van der Waals surface area contributed by atoms with Gasteiger partial charge in [-0.15, -0.1) is 5.10 Å². The lowest BCUT2D eigenvalue weighted by molar-refractivity contribution is 0.548. The third-order valence-electron chi connectivity index (χ3n) is 2.77. The number of halogens is 1. The number of aromatic nitrogens is 4. The highest BCUT2D eigenvalue weighted by Gasteiger charge is 2.09. The zero-order chi connectivity index (χ0) is 13.0. The second-order valence-corrected chi connectivity index (χ2v) is 4.19. The molecule has 0 aliphatic carbocycles. The number of aryl methyl sites for hydroxylation is 2. The zero-order valence-corrected chi connectivity index (χ0v) is 10.3. The lowest BCUT2D eigenvalue weighted by Crippen LogP contribution is -2.06. The van der Waals surface area contributed by atoms with Crippen LogP contribution in [0.5, 0.6) is 0 Å². The maximum atomic E-state index is 13.2. The van der Waals surface area contributed by atoms with Crippen LogP contribution in [0.15, 0.2) is 18.2 Å². The Labute approximate surface area is 105 Å². The van der Waals surface area contributed by atoms with Crippen LogP contribution in [0.1, 0.15) is 18.4 Å². The van der Waals surface area contributed by atoms with E-state index >= 15 is 0 Å². The topological polar surface area (TPSA) is 69.6 Å². The average molecular weight is 249 g/mol. The van der Waals surface area contributed by atoms with Crippen molar-refractivity contribution < 1.29 is 4.39 Å². The first kappa shape index (κ1) is 12.6. The summed E-state index contributed by atoms with van der Waals surface area (Å²) in [4.78, 5) is 0. The molecule has 0 atom stereocenters. The third kappa shape index (κ3) is 2.70. The van der Waals surface area contributed by atoms with E-state index in [1.165, 1.54) is 6.07 Å². The van der Waals surface area contributed by atoms with Crippen molar-refractivity contribution in [1.29, 1.82) is 0 Å². The molecular formula is C12H16FN5. The van der Waals surface area contributed by atoms with Crippen LogP contribution in [-0.4, -0.2) is 26.8 Å². The molecule has 6 heteroatoms. The molecule has 1 aromatic carbocycles. The fraction of sp³-hybridized carbons (Fsp3) is 0.417. The van der Waals surface area contributed by atoms with Crippen molar-refractivity contribution in [3.05, 3.63) is 29.6 Å². The number of benzene rings is 1. The van der Waals surface area contributed by atoms with Gasteiger partial charge in [0.15, 0.2) is 5.82 Å². The van der Waals surface area contributed by atoms with Gasteiger partial charge in [-0.25, -0.2) is 9.07 Å². The molecule has 18 heavy (non-hydrogen) atoms. The van der Waals surface area contributed by atoms with Gasteiger partial charge in [0.05, 0.1) is 0 Å². The van der Waals surface area contributed by atoms with Crippen LogP contribution in [0, 0.1) is 12.7 Å². The highest BCUT2D eigenvalue weighted by molar-refractivity contribution is 5.55. The van der Waals surface area contributed by atoms with E-state index in [-0.39, 0.29) is 5.82 Å². The summed E-state index contributed by atoms with van der Waals surface area (Å²) in [6.07, 6.45) is 1.86. The molecule has 0 radical (unpaired) electrons. The van der Waals surface area contributed by atoms with Gasteiger partial charge in [-0.2, -0.15) is 0 Å². The molecule has 0 bridgehead atoms. The Bertz CT molecular complexity index is 523. The summed E-state index contributed by atoms with van der Waals surface area (Å²) in [7, 11) is 0. The summed E-state index contributed by atoms with van der Waals surface area (Å²) in [6.45, 7) is 3.10.